The third kappa shape index (κ3) is 3.27. The van der Waals surface area contributed by atoms with Gasteiger partial charge in [-0.1, -0.05) is 0 Å². The van der Waals surface area contributed by atoms with E-state index in [4.69, 9.17) is 39.9 Å². The molecule has 0 aliphatic carbocycles. The fraction of sp³-hybridized carbons (Fsp3) is 0.600. The van der Waals surface area contributed by atoms with E-state index in [9.17, 15) is 9.59 Å². The minimum absolute atomic E-state index is 0.329. The second-order valence-electron chi connectivity index (χ2n) is 1.74. The minimum Gasteiger partial charge on any atom is -0.480 e. The molecule has 0 radical (unpaired) electrons. The van der Waals surface area contributed by atoms with E-state index in [1.165, 1.54) is 0 Å². The van der Waals surface area contributed by atoms with Gasteiger partial charge in [-0.2, -0.15) is 0 Å². The second kappa shape index (κ2) is 4.80. The summed E-state index contributed by atoms with van der Waals surface area (Å²) in [4.78, 5) is 20.8. The summed E-state index contributed by atoms with van der Waals surface area (Å²) >= 11 is 15.7. The largest absolute Gasteiger partial charge is 0.480 e. The summed E-state index contributed by atoms with van der Waals surface area (Å²) in [6, 6.07) is 0. The van der Waals surface area contributed by atoms with Crippen LogP contribution in [0, 0.1) is 0 Å². The summed E-state index contributed by atoms with van der Waals surface area (Å²) in [5, 5.41) is 5.61. The van der Waals surface area contributed by atoms with Crippen molar-refractivity contribution in [3.63, 3.8) is 0 Å². The van der Waals surface area contributed by atoms with Crippen molar-refractivity contribution < 1.29 is 14.7 Å². The van der Waals surface area contributed by atoms with Gasteiger partial charge in [-0.25, -0.2) is 0 Å². The monoisotopic (exact) mass is 218 g/mol. The first-order valence-electron chi connectivity index (χ1n) is 2.60. The molecule has 0 spiro atoms. The minimum atomic E-state index is -1.41. The van der Waals surface area contributed by atoms with Crippen molar-refractivity contribution >= 4 is 46.6 Å². The average Bonchev–Trinajstić information content (AvgIpc) is 2.00. The normalized spacial score (nSPS) is 15.5. The maximum Gasteiger partial charge on any atom is 0.323 e. The van der Waals surface area contributed by atoms with Crippen LogP contribution in [0.1, 0.15) is 0 Å². The van der Waals surface area contributed by atoms with Gasteiger partial charge in [0.1, 0.15) is 5.38 Å². The summed E-state index contributed by atoms with van der Waals surface area (Å²) in [7, 11) is 0. The molecule has 64 valence electrons. The van der Waals surface area contributed by atoms with Gasteiger partial charge in [-0.05, 0) is 0 Å². The van der Waals surface area contributed by atoms with Crippen LogP contribution in [0.25, 0.3) is 0 Å². The van der Waals surface area contributed by atoms with Gasteiger partial charge in [0.15, 0.2) is 11.2 Å². The quantitative estimate of drug-likeness (QED) is 0.720. The number of hydrogen-bond acceptors (Lipinski definition) is 2. The summed E-state index contributed by atoms with van der Waals surface area (Å²) in [6.45, 7) is 0. The lowest BCUT2D eigenvalue weighted by molar-refractivity contribution is -0.137. The van der Waals surface area contributed by atoms with Crippen LogP contribution < -0.4 is 0 Å². The first kappa shape index (κ1) is 11.0. The van der Waals surface area contributed by atoms with Crippen LogP contribution >= 0.6 is 34.8 Å². The topological polar surface area (TPSA) is 54.4 Å². The Bertz CT molecular complexity index is 170. The second-order valence-corrected chi connectivity index (χ2v) is 2.95. The van der Waals surface area contributed by atoms with E-state index in [1.807, 2.05) is 0 Å². The van der Waals surface area contributed by atoms with E-state index >= 15 is 0 Å². The highest BCUT2D eigenvalue weighted by Crippen LogP contribution is 2.11. The fourth-order valence-electron chi connectivity index (χ4n) is 0.362. The number of halogens is 3. The third-order valence-electron chi connectivity index (χ3n) is 0.932. The van der Waals surface area contributed by atoms with Gasteiger partial charge in [0.2, 0.25) is 0 Å². The maximum absolute atomic E-state index is 10.6. The van der Waals surface area contributed by atoms with Crippen LogP contribution in [0.4, 0.5) is 0 Å². The zero-order chi connectivity index (χ0) is 9.02. The number of carbonyl (C=O) groups excluding carboxylic acids is 1. The van der Waals surface area contributed by atoms with Gasteiger partial charge < -0.3 is 5.11 Å². The molecule has 0 heterocycles. The smallest absolute Gasteiger partial charge is 0.323 e. The highest BCUT2D eigenvalue weighted by Gasteiger charge is 2.29. The molecule has 1 N–H and O–H groups in total. The van der Waals surface area contributed by atoms with Crippen molar-refractivity contribution in [1.82, 2.24) is 0 Å². The number of ketones is 1. The highest BCUT2D eigenvalue weighted by atomic mass is 35.5. The summed E-state index contributed by atoms with van der Waals surface area (Å²) in [5.74, 6) is -2.24. The van der Waals surface area contributed by atoms with E-state index in [0.29, 0.717) is 0 Å². The number of alkyl halides is 3. The Balaban J connectivity index is 4.12. The van der Waals surface area contributed by atoms with Gasteiger partial charge in [0.25, 0.3) is 0 Å². The lowest BCUT2D eigenvalue weighted by Crippen LogP contribution is -2.32. The first-order valence-corrected chi connectivity index (χ1v) is 4.01. The SMILES string of the molecule is O=C(O)C(Cl)C(Cl)C(=O)CCl. The molecular weight excluding hydrogens is 214 g/mol. The van der Waals surface area contributed by atoms with Crippen LogP contribution in [0.2, 0.25) is 0 Å². The van der Waals surface area contributed by atoms with Crippen molar-refractivity contribution in [2.75, 3.05) is 5.88 Å². The molecule has 11 heavy (non-hydrogen) atoms. The molecule has 2 unspecified atom stereocenters. The Morgan fingerprint density at radius 3 is 2.00 bits per heavy atom. The molecule has 0 aromatic heterocycles. The fourth-order valence-corrected chi connectivity index (χ4v) is 0.933. The molecule has 0 aliphatic rings. The van der Waals surface area contributed by atoms with Crippen molar-refractivity contribution in [3.05, 3.63) is 0 Å². The lowest BCUT2D eigenvalue weighted by atomic mass is 10.2. The van der Waals surface area contributed by atoms with Crippen LogP contribution in [-0.4, -0.2) is 33.5 Å². The van der Waals surface area contributed by atoms with Gasteiger partial charge in [0, 0.05) is 0 Å². The lowest BCUT2D eigenvalue weighted by Gasteiger charge is -2.07. The molecule has 2 atom stereocenters. The van der Waals surface area contributed by atoms with E-state index in [1.54, 1.807) is 0 Å². The van der Waals surface area contributed by atoms with Gasteiger partial charge in [-0.15, -0.1) is 34.8 Å². The Hall–Kier alpha value is 0.01000. The Morgan fingerprint density at radius 1 is 1.27 bits per heavy atom. The highest BCUT2D eigenvalue weighted by molar-refractivity contribution is 6.45. The molecule has 0 saturated carbocycles. The molecule has 0 fully saturated rings. The van der Waals surface area contributed by atoms with Gasteiger partial charge >= 0.3 is 5.97 Å². The average molecular weight is 219 g/mol. The number of carbonyl (C=O) groups is 2. The predicted octanol–water partition coefficient (Wildman–Crippen LogP) is 1.09. The number of carboxylic acids is 1. The van der Waals surface area contributed by atoms with Crippen molar-refractivity contribution in [2.45, 2.75) is 10.8 Å². The number of aliphatic carboxylic acids is 1. The molecule has 0 aliphatic heterocycles. The van der Waals surface area contributed by atoms with E-state index < -0.39 is 22.5 Å². The Morgan fingerprint density at radius 2 is 1.73 bits per heavy atom. The molecular formula is C5H5Cl3O3. The van der Waals surface area contributed by atoms with E-state index in [2.05, 4.69) is 0 Å². The molecule has 0 aromatic carbocycles. The van der Waals surface area contributed by atoms with Crippen LogP contribution in [-0.2, 0) is 9.59 Å². The van der Waals surface area contributed by atoms with E-state index in [0.717, 1.165) is 0 Å². The maximum atomic E-state index is 10.6. The third-order valence-corrected chi connectivity index (χ3v) is 2.26. The summed E-state index contributed by atoms with van der Waals surface area (Å²) in [6.07, 6.45) is 0. The van der Waals surface area contributed by atoms with Crippen LogP contribution in [0.3, 0.4) is 0 Å². The first-order chi connectivity index (χ1) is 5.00. The predicted molar refractivity (Wildman–Crippen MR) is 42.6 cm³/mol. The van der Waals surface area contributed by atoms with Gasteiger partial charge in [-0.3, -0.25) is 9.59 Å². The number of carboxylic acid groups (broad SMARTS) is 1. The molecule has 0 amide bonds. The number of Topliss-reactive ketones (excluding diaryl/α,β-unsaturated/α-hetero) is 1. The van der Waals surface area contributed by atoms with Crippen LogP contribution in [0.5, 0.6) is 0 Å². The summed E-state index contributed by atoms with van der Waals surface area (Å²) < 4.78 is 0. The molecule has 0 bridgehead atoms. The standard InChI is InChI=1S/C5H5Cl3O3/c6-1-2(9)3(7)4(8)5(10)11/h3-4H,1H2,(H,10,11). The van der Waals surface area contributed by atoms with Crippen molar-refractivity contribution in [3.8, 4) is 0 Å². The van der Waals surface area contributed by atoms with Crippen molar-refractivity contribution in [1.29, 1.82) is 0 Å². The van der Waals surface area contributed by atoms with Crippen LogP contribution in [0.15, 0.2) is 0 Å². The van der Waals surface area contributed by atoms with Gasteiger partial charge in [0.05, 0.1) is 5.88 Å². The number of rotatable bonds is 4. The molecule has 3 nitrogen and oxygen atoms in total. The molecule has 0 rings (SSSR count). The number of hydrogen-bond donors (Lipinski definition) is 1. The summed E-state index contributed by atoms with van der Waals surface area (Å²) in [5.41, 5.74) is 0. The Labute approximate surface area is 78.2 Å². The molecule has 0 saturated heterocycles. The molecule has 0 aromatic rings. The zero-order valence-electron chi connectivity index (χ0n) is 5.26. The Kier molecular flexibility index (Phi) is 4.81. The van der Waals surface area contributed by atoms with Crippen molar-refractivity contribution in [2.24, 2.45) is 0 Å². The zero-order valence-corrected chi connectivity index (χ0v) is 7.53. The van der Waals surface area contributed by atoms with E-state index in [-0.39, 0.29) is 5.88 Å². The molecule has 6 heteroatoms.